The smallest absolute Gasteiger partial charge is 0.248 e. The highest BCUT2D eigenvalue weighted by atomic mass is 16.5. The first-order chi connectivity index (χ1) is 10.9. The zero-order chi connectivity index (χ0) is 16.4. The maximum absolute atomic E-state index is 11.2. The van der Waals surface area contributed by atoms with Gasteiger partial charge >= 0.3 is 0 Å². The van der Waals surface area contributed by atoms with Crippen LogP contribution in [-0.4, -0.2) is 11.5 Å². The van der Waals surface area contributed by atoms with Crippen LogP contribution in [0.25, 0.3) is 0 Å². The number of primary amides is 1. The van der Waals surface area contributed by atoms with E-state index in [9.17, 15) is 4.79 Å². The van der Waals surface area contributed by atoms with Crippen molar-refractivity contribution in [2.75, 3.05) is 0 Å². The molecule has 0 saturated carbocycles. The lowest BCUT2D eigenvalue weighted by atomic mass is 10.0. The molecule has 0 bridgehead atoms. The van der Waals surface area contributed by atoms with Crippen molar-refractivity contribution in [3.63, 3.8) is 0 Å². The number of nitrogens with two attached hydrogens (primary N) is 1. The van der Waals surface area contributed by atoms with Crippen molar-refractivity contribution in [2.45, 2.75) is 39.0 Å². The molecule has 0 radical (unpaired) electrons. The van der Waals surface area contributed by atoms with Crippen molar-refractivity contribution in [3.8, 4) is 5.75 Å². The Kier molecular flexibility index (Phi) is 4.09. The number of nitrogens with one attached hydrogen (secondary N) is 1. The van der Waals surface area contributed by atoms with Gasteiger partial charge in [-0.3, -0.25) is 4.79 Å². The monoisotopic (exact) mass is 310 g/mol. The molecule has 0 unspecified atom stereocenters. The Labute approximate surface area is 136 Å². The molecule has 4 heteroatoms. The zero-order valence-corrected chi connectivity index (χ0v) is 13.6. The third-order valence-corrected chi connectivity index (χ3v) is 4.00. The molecule has 2 aromatic rings. The van der Waals surface area contributed by atoms with Crippen LogP contribution in [-0.2, 0) is 19.5 Å². The predicted molar refractivity (Wildman–Crippen MR) is 90.4 cm³/mol. The zero-order valence-electron chi connectivity index (χ0n) is 13.6. The molecule has 120 valence electrons. The van der Waals surface area contributed by atoms with Gasteiger partial charge in [0.1, 0.15) is 11.4 Å². The maximum Gasteiger partial charge on any atom is 0.248 e. The van der Waals surface area contributed by atoms with Crippen LogP contribution in [0.2, 0.25) is 0 Å². The second-order valence-electron chi connectivity index (χ2n) is 6.65. The summed E-state index contributed by atoms with van der Waals surface area (Å²) in [6.45, 7) is 5.68. The van der Waals surface area contributed by atoms with Gasteiger partial charge in [-0.25, -0.2) is 0 Å². The SMILES string of the molecule is CC1(C)Cc2cc(CNCc3cccc(C(N)=O)c3)ccc2O1. The van der Waals surface area contributed by atoms with Crippen molar-refractivity contribution in [3.05, 3.63) is 64.7 Å². The van der Waals surface area contributed by atoms with Crippen LogP contribution in [0.15, 0.2) is 42.5 Å². The first-order valence-electron chi connectivity index (χ1n) is 7.83. The van der Waals surface area contributed by atoms with Crippen molar-refractivity contribution in [1.29, 1.82) is 0 Å². The fourth-order valence-electron chi connectivity index (χ4n) is 2.96. The first-order valence-corrected chi connectivity index (χ1v) is 7.83. The highest BCUT2D eigenvalue weighted by Crippen LogP contribution is 2.35. The quantitative estimate of drug-likeness (QED) is 0.892. The van der Waals surface area contributed by atoms with Crippen LogP contribution >= 0.6 is 0 Å². The number of rotatable bonds is 5. The number of carbonyl (C=O) groups is 1. The van der Waals surface area contributed by atoms with E-state index in [0.717, 1.165) is 24.3 Å². The minimum atomic E-state index is -0.395. The molecular formula is C19H22N2O2. The van der Waals surface area contributed by atoms with E-state index >= 15 is 0 Å². The molecule has 0 fully saturated rings. The molecule has 1 amide bonds. The molecule has 2 aromatic carbocycles. The number of carbonyl (C=O) groups excluding carboxylic acids is 1. The van der Waals surface area contributed by atoms with Gasteiger partial charge in [-0.1, -0.05) is 24.3 Å². The second kappa shape index (κ2) is 6.05. The third kappa shape index (κ3) is 3.71. The number of benzene rings is 2. The first kappa shape index (κ1) is 15.6. The fraction of sp³-hybridized carbons (Fsp3) is 0.316. The summed E-state index contributed by atoms with van der Waals surface area (Å²) in [6, 6.07) is 13.7. The Morgan fingerprint density at radius 2 is 1.91 bits per heavy atom. The molecule has 3 rings (SSSR count). The van der Waals surface area contributed by atoms with E-state index in [0.29, 0.717) is 12.1 Å². The van der Waals surface area contributed by atoms with Crippen molar-refractivity contribution in [1.82, 2.24) is 5.32 Å². The van der Waals surface area contributed by atoms with Gasteiger partial charge in [0.15, 0.2) is 0 Å². The van der Waals surface area contributed by atoms with Crippen LogP contribution in [0.5, 0.6) is 5.75 Å². The average Bonchev–Trinajstić information content (AvgIpc) is 2.80. The van der Waals surface area contributed by atoms with Crippen LogP contribution in [0.1, 0.15) is 40.9 Å². The lowest BCUT2D eigenvalue weighted by molar-refractivity contribution is 0.1000. The summed E-state index contributed by atoms with van der Waals surface area (Å²) in [4.78, 5) is 11.2. The van der Waals surface area contributed by atoms with Crippen molar-refractivity contribution < 1.29 is 9.53 Å². The number of ether oxygens (including phenoxy) is 1. The topological polar surface area (TPSA) is 64.3 Å². The molecule has 0 atom stereocenters. The Bertz CT molecular complexity index is 738. The summed E-state index contributed by atoms with van der Waals surface area (Å²) < 4.78 is 5.89. The molecule has 1 aliphatic heterocycles. The van der Waals surface area contributed by atoms with Gasteiger partial charge in [0.05, 0.1) is 0 Å². The number of hydrogen-bond acceptors (Lipinski definition) is 3. The minimum Gasteiger partial charge on any atom is -0.487 e. The number of hydrogen-bond donors (Lipinski definition) is 2. The van der Waals surface area contributed by atoms with E-state index in [-0.39, 0.29) is 5.60 Å². The summed E-state index contributed by atoms with van der Waals surface area (Å²) in [6.07, 6.45) is 0.941. The molecule has 1 heterocycles. The Balaban J connectivity index is 1.60. The van der Waals surface area contributed by atoms with E-state index in [4.69, 9.17) is 10.5 Å². The van der Waals surface area contributed by atoms with Gasteiger partial charge in [-0.15, -0.1) is 0 Å². The molecule has 0 spiro atoms. The molecule has 0 aromatic heterocycles. The largest absolute Gasteiger partial charge is 0.487 e. The van der Waals surface area contributed by atoms with Crippen molar-refractivity contribution in [2.24, 2.45) is 5.73 Å². The molecule has 0 saturated heterocycles. The van der Waals surface area contributed by atoms with E-state index in [1.165, 1.54) is 11.1 Å². The summed E-state index contributed by atoms with van der Waals surface area (Å²) >= 11 is 0. The summed E-state index contributed by atoms with van der Waals surface area (Å²) in [5, 5.41) is 3.40. The molecule has 3 N–H and O–H groups in total. The lowest BCUT2D eigenvalue weighted by Gasteiger charge is -2.16. The van der Waals surface area contributed by atoms with E-state index in [1.807, 2.05) is 18.2 Å². The van der Waals surface area contributed by atoms with Gasteiger partial charge in [-0.05, 0) is 48.7 Å². The Morgan fingerprint density at radius 3 is 2.65 bits per heavy atom. The summed E-state index contributed by atoms with van der Waals surface area (Å²) in [7, 11) is 0. The van der Waals surface area contributed by atoms with Crippen LogP contribution < -0.4 is 15.8 Å². The van der Waals surface area contributed by atoms with E-state index in [2.05, 4.69) is 37.4 Å². The van der Waals surface area contributed by atoms with Crippen LogP contribution in [0, 0.1) is 0 Å². The van der Waals surface area contributed by atoms with Crippen LogP contribution in [0.3, 0.4) is 0 Å². The molecule has 4 nitrogen and oxygen atoms in total. The summed E-state index contributed by atoms with van der Waals surface area (Å²) in [5.74, 6) is 0.598. The van der Waals surface area contributed by atoms with Gasteiger partial charge in [0, 0.05) is 25.1 Å². The van der Waals surface area contributed by atoms with Gasteiger partial charge < -0.3 is 15.8 Å². The third-order valence-electron chi connectivity index (χ3n) is 4.00. The lowest BCUT2D eigenvalue weighted by Crippen LogP contribution is -2.24. The number of fused-ring (bicyclic) bond motifs is 1. The van der Waals surface area contributed by atoms with E-state index < -0.39 is 5.91 Å². The second-order valence-corrected chi connectivity index (χ2v) is 6.65. The molecular weight excluding hydrogens is 288 g/mol. The fourth-order valence-corrected chi connectivity index (χ4v) is 2.96. The van der Waals surface area contributed by atoms with Gasteiger partial charge in [-0.2, -0.15) is 0 Å². The Morgan fingerprint density at radius 1 is 1.17 bits per heavy atom. The Hall–Kier alpha value is -2.33. The maximum atomic E-state index is 11.2. The van der Waals surface area contributed by atoms with E-state index in [1.54, 1.807) is 6.07 Å². The highest BCUT2D eigenvalue weighted by molar-refractivity contribution is 5.92. The van der Waals surface area contributed by atoms with Gasteiger partial charge in [0.25, 0.3) is 0 Å². The standard InChI is InChI=1S/C19H22N2O2/c1-19(2)10-16-9-14(6-7-17(16)23-19)12-21-11-13-4-3-5-15(8-13)18(20)22/h3-9,21H,10-12H2,1-2H3,(H2,20,22). The predicted octanol–water partition coefficient (Wildman–Crippen LogP) is 2.79. The molecule has 23 heavy (non-hydrogen) atoms. The van der Waals surface area contributed by atoms with Crippen LogP contribution in [0.4, 0.5) is 0 Å². The molecule has 1 aliphatic rings. The minimum absolute atomic E-state index is 0.108. The summed E-state index contributed by atoms with van der Waals surface area (Å²) in [5.41, 5.74) is 9.29. The number of amides is 1. The average molecular weight is 310 g/mol. The van der Waals surface area contributed by atoms with Crippen molar-refractivity contribution >= 4 is 5.91 Å². The molecule has 0 aliphatic carbocycles. The normalized spacial score (nSPS) is 15.0. The van der Waals surface area contributed by atoms with Gasteiger partial charge in [0.2, 0.25) is 5.91 Å². The highest BCUT2D eigenvalue weighted by Gasteiger charge is 2.29.